The predicted octanol–water partition coefficient (Wildman–Crippen LogP) is 4.64. The number of hydrogen-bond acceptors (Lipinski definition) is 3. The fourth-order valence-electron chi connectivity index (χ4n) is 4.16. The van der Waals surface area contributed by atoms with Crippen molar-refractivity contribution in [2.24, 2.45) is 11.1 Å². The Morgan fingerprint density at radius 3 is 2.72 bits per heavy atom. The Hall–Kier alpha value is -1.52. The minimum atomic E-state index is -0.134. The number of ether oxygens (including phenoxy) is 1. The van der Waals surface area contributed by atoms with Crippen molar-refractivity contribution in [3.8, 4) is 5.75 Å². The molecule has 25 heavy (non-hydrogen) atoms. The van der Waals surface area contributed by atoms with E-state index in [1.54, 1.807) is 12.3 Å². The van der Waals surface area contributed by atoms with Gasteiger partial charge in [0, 0.05) is 17.6 Å². The smallest absolute Gasteiger partial charge is 0.255 e. The first-order chi connectivity index (χ1) is 12.0. The molecule has 1 aromatic carbocycles. The van der Waals surface area contributed by atoms with E-state index >= 15 is 0 Å². The van der Waals surface area contributed by atoms with E-state index in [0.29, 0.717) is 16.2 Å². The molecule has 0 unspecified atom stereocenters. The number of aromatic amines is 1. The van der Waals surface area contributed by atoms with Crippen LogP contribution in [0.2, 0.25) is 5.02 Å². The number of pyridine rings is 1. The van der Waals surface area contributed by atoms with Crippen molar-refractivity contribution in [2.75, 3.05) is 0 Å². The Morgan fingerprint density at radius 1 is 1.36 bits per heavy atom. The monoisotopic (exact) mass is 362 g/mol. The zero-order chi connectivity index (χ0) is 18.0. The molecule has 1 aliphatic carbocycles. The fraction of sp³-hybridized carbons (Fsp3) is 0.550. The van der Waals surface area contributed by atoms with E-state index in [4.69, 9.17) is 22.1 Å². The summed E-state index contributed by atoms with van der Waals surface area (Å²) in [6.07, 6.45) is 8.10. The molecule has 0 amide bonds. The van der Waals surface area contributed by atoms with Gasteiger partial charge in [-0.25, -0.2) is 0 Å². The van der Waals surface area contributed by atoms with Crippen molar-refractivity contribution >= 4 is 22.4 Å². The van der Waals surface area contributed by atoms with E-state index in [0.717, 1.165) is 43.9 Å². The first-order valence-corrected chi connectivity index (χ1v) is 9.60. The summed E-state index contributed by atoms with van der Waals surface area (Å²) in [6, 6.07) is 5.68. The van der Waals surface area contributed by atoms with Crippen molar-refractivity contribution in [2.45, 2.75) is 64.5 Å². The summed E-state index contributed by atoms with van der Waals surface area (Å²) in [5, 5.41) is 1.92. The number of halogens is 1. The predicted molar refractivity (Wildman–Crippen MR) is 103 cm³/mol. The summed E-state index contributed by atoms with van der Waals surface area (Å²) in [4.78, 5) is 14.5. The van der Waals surface area contributed by atoms with Gasteiger partial charge >= 0.3 is 0 Å². The molecule has 0 aliphatic heterocycles. The normalized spacial score (nSPS) is 25.0. The van der Waals surface area contributed by atoms with Crippen LogP contribution in [-0.4, -0.2) is 17.1 Å². The molecule has 0 radical (unpaired) electrons. The average Bonchev–Trinajstić information content (AvgIpc) is 2.63. The number of aromatic nitrogens is 1. The largest absolute Gasteiger partial charge is 0.489 e. The van der Waals surface area contributed by atoms with E-state index in [1.165, 1.54) is 0 Å². The molecule has 4 nitrogen and oxygen atoms in total. The third-order valence-corrected chi connectivity index (χ3v) is 6.27. The van der Waals surface area contributed by atoms with Gasteiger partial charge in [-0.3, -0.25) is 4.79 Å². The van der Waals surface area contributed by atoms with Gasteiger partial charge in [-0.05, 0) is 67.5 Å². The molecular formula is C20H27ClN2O2. The Balaban J connectivity index is 1.75. The van der Waals surface area contributed by atoms with Crippen LogP contribution in [0.1, 0.15) is 52.4 Å². The number of hydrogen-bond donors (Lipinski definition) is 2. The summed E-state index contributed by atoms with van der Waals surface area (Å²) < 4.78 is 6.20. The molecule has 1 fully saturated rings. The van der Waals surface area contributed by atoms with Gasteiger partial charge in [-0.1, -0.05) is 25.4 Å². The first kappa shape index (κ1) is 18.3. The molecule has 1 atom stereocenters. The molecule has 0 spiro atoms. The van der Waals surface area contributed by atoms with E-state index in [1.807, 2.05) is 12.1 Å². The molecule has 0 bridgehead atoms. The van der Waals surface area contributed by atoms with E-state index in [-0.39, 0.29) is 23.1 Å². The summed E-state index contributed by atoms with van der Waals surface area (Å²) in [6.45, 7) is 4.41. The standard InChI is InChI=1S/C20H27ClN2O2/c1-3-18(22)20(4-2)8-5-14(6-9-20)25-17-11-13-7-10-23-19(24)15(13)12-16(17)21/h7,10-12,14,18H,3-6,8-9,22H2,1-2H3,(H,23,24)/t14?,18-,20?/m1/s1. The lowest BCUT2D eigenvalue weighted by molar-refractivity contribution is 0.0569. The molecule has 3 N–H and O–H groups in total. The lowest BCUT2D eigenvalue weighted by atomic mass is 9.66. The summed E-state index contributed by atoms with van der Waals surface area (Å²) in [7, 11) is 0. The van der Waals surface area contributed by atoms with Gasteiger partial charge in [0.1, 0.15) is 5.75 Å². The van der Waals surface area contributed by atoms with E-state index in [9.17, 15) is 4.79 Å². The fourth-order valence-corrected chi connectivity index (χ4v) is 4.37. The average molecular weight is 363 g/mol. The zero-order valence-electron chi connectivity index (χ0n) is 15.0. The molecule has 5 heteroatoms. The topological polar surface area (TPSA) is 68.1 Å². The molecule has 1 aromatic heterocycles. The number of rotatable bonds is 5. The zero-order valence-corrected chi connectivity index (χ0v) is 15.7. The van der Waals surface area contributed by atoms with Crippen LogP contribution in [-0.2, 0) is 0 Å². The highest BCUT2D eigenvalue weighted by Gasteiger charge is 2.38. The minimum absolute atomic E-state index is 0.134. The summed E-state index contributed by atoms with van der Waals surface area (Å²) in [5.41, 5.74) is 6.51. The van der Waals surface area contributed by atoms with Gasteiger partial charge in [0.25, 0.3) is 5.56 Å². The van der Waals surface area contributed by atoms with Crippen LogP contribution in [0.15, 0.2) is 29.2 Å². The van der Waals surface area contributed by atoms with Gasteiger partial charge in [0.2, 0.25) is 0 Å². The molecule has 2 aromatic rings. The highest BCUT2D eigenvalue weighted by Crippen LogP contribution is 2.43. The molecule has 3 rings (SSSR count). The molecule has 1 heterocycles. The number of nitrogens with two attached hydrogens (primary N) is 1. The lowest BCUT2D eigenvalue weighted by Crippen LogP contribution is -2.45. The quantitative estimate of drug-likeness (QED) is 0.814. The van der Waals surface area contributed by atoms with Crippen molar-refractivity contribution in [1.82, 2.24) is 4.98 Å². The van der Waals surface area contributed by atoms with Crippen LogP contribution in [0.4, 0.5) is 0 Å². The minimum Gasteiger partial charge on any atom is -0.489 e. The second-order valence-electron chi connectivity index (χ2n) is 7.22. The Bertz CT molecular complexity index is 794. The van der Waals surface area contributed by atoms with Gasteiger partial charge < -0.3 is 15.5 Å². The highest BCUT2D eigenvalue weighted by molar-refractivity contribution is 6.32. The SMILES string of the molecule is CC[C@@H](N)C1(CC)CCC(Oc2cc3cc[nH]c(=O)c3cc2Cl)CC1. The number of H-pyrrole nitrogens is 1. The van der Waals surface area contributed by atoms with Crippen LogP contribution in [0.25, 0.3) is 10.8 Å². The molecule has 1 aliphatic rings. The highest BCUT2D eigenvalue weighted by atomic mass is 35.5. The second kappa shape index (κ2) is 7.38. The van der Waals surface area contributed by atoms with Crippen LogP contribution in [0, 0.1) is 5.41 Å². The van der Waals surface area contributed by atoms with Crippen LogP contribution < -0.4 is 16.0 Å². The Kier molecular flexibility index (Phi) is 5.40. The Morgan fingerprint density at radius 2 is 2.08 bits per heavy atom. The third kappa shape index (κ3) is 3.56. The van der Waals surface area contributed by atoms with E-state index < -0.39 is 0 Å². The van der Waals surface area contributed by atoms with Gasteiger partial charge in [0.05, 0.1) is 11.1 Å². The summed E-state index contributed by atoms with van der Waals surface area (Å²) >= 11 is 6.35. The molecule has 1 saturated carbocycles. The van der Waals surface area contributed by atoms with Crippen molar-refractivity contribution in [3.05, 3.63) is 39.8 Å². The van der Waals surface area contributed by atoms with Gasteiger partial charge in [0.15, 0.2) is 0 Å². The number of benzene rings is 1. The number of nitrogens with one attached hydrogen (secondary N) is 1. The maximum atomic E-state index is 11.9. The van der Waals surface area contributed by atoms with Crippen molar-refractivity contribution < 1.29 is 4.74 Å². The lowest BCUT2D eigenvalue weighted by Gasteiger charge is -2.43. The maximum Gasteiger partial charge on any atom is 0.255 e. The van der Waals surface area contributed by atoms with Crippen molar-refractivity contribution in [1.29, 1.82) is 0 Å². The van der Waals surface area contributed by atoms with Crippen molar-refractivity contribution in [3.63, 3.8) is 0 Å². The molecule has 136 valence electrons. The maximum absolute atomic E-state index is 11.9. The third-order valence-electron chi connectivity index (χ3n) is 5.98. The first-order valence-electron chi connectivity index (χ1n) is 9.22. The second-order valence-corrected chi connectivity index (χ2v) is 7.63. The summed E-state index contributed by atoms with van der Waals surface area (Å²) in [5.74, 6) is 0.661. The van der Waals surface area contributed by atoms with Crippen LogP contribution in [0.5, 0.6) is 5.75 Å². The van der Waals surface area contributed by atoms with Crippen LogP contribution >= 0.6 is 11.6 Å². The van der Waals surface area contributed by atoms with E-state index in [2.05, 4.69) is 18.8 Å². The molecule has 0 saturated heterocycles. The Labute approximate surface area is 153 Å². The van der Waals surface area contributed by atoms with Gasteiger partial charge in [-0.2, -0.15) is 0 Å². The molecular weight excluding hydrogens is 336 g/mol. The van der Waals surface area contributed by atoms with Gasteiger partial charge in [-0.15, -0.1) is 0 Å². The van der Waals surface area contributed by atoms with Crippen LogP contribution in [0.3, 0.4) is 0 Å². The number of fused-ring (bicyclic) bond motifs is 1.